The van der Waals surface area contributed by atoms with Crippen molar-refractivity contribution in [1.29, 1.82) is 0 Å². The van der Waals surface area contributed by atoms with E-state index in [-0.39, 0.29) is 23.8 Å². The molecule has 0 aliphatic rings. The molecule has 0 aliphatic heterocycles. The molecule has 1 aromatic heterocycles. The highest BCUT2D eigenvalue weighted by atomic mass is 19.4. The van der Waals surface area contributed by atoms with E-state index in [9.17, 15) is 23.1 Å². The van der Waals surface area contributed by atoms with Crippen molar-refractivity contribution in [3.63, 3.8) is 0 Å². The Morgan fingerprint density at radius 3 is 2.35 bits per heavy atom. The van der Waals surface area contributed by atoms with Gasteiger partial charge < -0.3 is 9.84 Å². The molecule has 0 fully saturated rings. The lowest BCUT2D eigenvalue weighted by molar-refractivity contribution is -0.137. The molecular weight excluding hydrogens is 451 g/mol. The van der Waals surface area contributed by atoms with Crippen LogP contribution in [0.15, 0.2) is 42.5 Å². The second kappa shape index (κ2) is 9.80. The summed E-state index contributed by atoms with van der Waals surface area (Å²) in [5.41, 5.74) is -0.403. The van der Waals surface area contributed by atoms with E-state index in [1.54, 1.807) is 39.0 Å². The summed E-state index contributed by atoms with van der Waals surface area (Å²) in [6.45, 7) is 7.26. The molecule has 2 aromatic carbocycles. The van der Waals surface area contributed by atoms with E-state index in [1.807, 2.05) is 6.92 Å². The average molecular weight is 477 g/mol. The summed E-state index contributed by atoms with van der Waals surface area (Å²) in [6, 6.07) is 8.92. The molecule has 0 saturated heterocycles. The summed E-state index contributed by atoms with van der Waals surface area (Å²) in [5.74, 6) is 0.194. The van der Waals surface area contributed by atoms with Gasteiger partial charge in [0.1, 0.15) is 5.60 Å². The van der Waals surface area contributed by atoms with Crippen LogP contribution in [0.3, 0.4) is 0 Å². The fourth-order valence-corrected chi connectivity index (χ4v) is 3.15. The van der Waals surface area contributed by atoms with Crippen molar-refractivity contribution >= 4 is 17.5 Å². The predicted molar refractivity (Wildman–Crippen MR) is 119 cm³/mol. The second-order valence-electron chi connectivity index (χ2n) is 8.58. The van der Waals surface area contributed by atoms with E-state index in [1.165, 1.54) is 16.9 Å². The van der Waals surface area contributed by atoms with Gasteiger partial charge in [-0.25, -0.2) is 9.69 Å². The highest BCUT2D eigenvalue weighted by Gasteiger charge is 2.32. The molecule has 0 saturated carbocycles. The third kappa shape index (κ3) is 5.90. The van der Waals surface area contributed by atoms with E-state index < -0.39 is 23.4 Å². The average Bonchev–Trinajstić information content (AvgIpc) is 3.21. The summed E-state index contributed by atoms with van der Waals surface area (Å²) in [5, 5.41) is 22.1. The maximum atomic E-state index is 13.3. The Labute approximate surface area is 195 Å². The molecule has 11 heteroatoms. The second-order valence-corrected chi connectivity index (χ2v) is 8.58. The molecule has 0 aliphatic carbocycles. The minimum atomic E-state index is -4.52. The first-order valence-corrected chi connectivity index (χ1v) is 10.6. The lowest BCUT2D eigenvalue weighted by Crippen LogP contribution is -2.34. The summed E-state index contributed by atoms with van der Waals surface area (Å²) >= 11 is 0. The Hall–Kier alpha value is -3.47. The van der Waals surface area contributed by atoms with Crippen molar-refractivity contribution in [3.8, 4) is 11.4 Å². The van der Waals surface area contributed by atoms with Crippen LogP contribution in [-0.2, 0) is 24.1 Å². The van der Waals surface area contributed by atoms with Crippen molar-refractivity contribution in [3.05, 3.63) is 53.6 Å². The monoisotopic (exact) mass is 477 g/mol. The van der Waals surface area contributed by atoms with Crippen molar-refractivity contribution < 1.29 is 27.8 Å². The molecule has 1 N–H and O–H groups in total. The van der Waals surface area contributed by atoms with Crippen LogP contribution in [0.2, 0.25) is 0 Å². The standard InChI is InChI=1S/C23H26F3N5O3/c1-5-12-30-28-20(27-29-30)18-13-15(14-32)6-11-19(18)31(21(33)34-22(2,3)4)17-9-7-16(8-10-17)23(24,25)26/h6-11,13,32H,5,12,14H2,1-4H3. The molecule has 0 radical (unpaired) electrons. The van der Waals surface area contributed by atoms with Gasteiger partial charge in [0.15, 0.2) is 0 Å². The minimum Gasteiger partial charge on any atom is -0.443 e. The molecule has 0 atom stereocenters. The van der Waals surface area contributed by atoms with Gasteiger partial charge in [-0.1, -0.05) is 13.0 Å². The van der Waals surface area contributed by atoms with E-state index in [0.717, 1.165) is 23.5 Å². The quantitative estimate of drug-likeness (QED) is 0.516. The molecule has 3 aromatic rings. The van der Waals surface area contributed by atoms with Crippen molar-refractivity contribution in [2.45, 2.75) is 59.0 Å². The fourth-order valence-electron chi connectivity index (χ4n) is 3.15. The van der Waals surface area contributed by atoms with Crippen molar-refractivity contribution in [1.82, 2.24) is 20.2 Å². The molecule has 0 spiro atoms. The van der Waals surface area contributed by atoms with Gasteiger partial charge in [0, 0.05) is 5.56 Å². The molecule has 1 amide bonds. The number of aliphatic hydroxyl groups excluding tert-OH is 1. The van der Waals surface area contributed by atoms with E-state index >= 15 is 0 Å². The van der Waals surface area contributed by atoms with E-state index in [0.29, 0.717) is 17.7 Å². The van der Waals surface area contributed by atoms with Crippen LogP contribution in [0.4, 0.5) is 29.3 Å². The number of anilines is 2. The normalized spacial score (nSPS) is 12.0. The SMILES string of the molecule is CCCn1nnc(-c2cc(CO)ccc2N(C(=O)OC(C)(C)C)c2ccc(C(F)(F)F)cc2)n1. The first-order chi connectivity index (χ1) is 15.9. The number of amides is 1. The topological polar surface area (TPSA) is 93.4 Å². The molecule has 182 valence electrons. The number of carbonyl (C=O) groups is 1. The van der Waals surface area contributed by atoms with Gasteiger partial charge >= 0.3 is 12.3 Å². The van der Waals surface area contributed by atoms with Gasteiger partial charge in [0.25, 0.3) is 0 Å². The number of halogens is 3. The number of benzene rings is 2. The molecular formula is C23H26F3N5O3. The highest BCUT2D eigenvalue weighted by molar-refractivity contribution is 6.00. The fraction of sp³-hybridized carbons (Fsp3) is 0.391. The molecule has 0 bridgehead atoms. The number of carbonyl (C=O) groups excluding carboxylic acids is 1. The maximum Gasteiger partial charge on any atom is 0.419 e. The van der Waals surface area contributed by atoms with Gasteiger partial charge in [-0.05, 0) is 74.4 Å². The number of nitrogens with zero attached hydrogens (tertiary/aromatic N) is 5. The summed E-state index contributed by atoms with van der Waals surface area (Å²) < 4.78 is 44.9. The van der Waals surface area contributed by atoms with Crippen LogP contribution >= 0.6 is 0 Å². The van der Waals surface area contributed by atoms with Gasteiger partial charge in [0.05, 0.1) is 30.1 Å². The summed E-state index contributed by atoms with van der Waals surface area (Å²) in [6.07, 6.45) is -4.55. The lowest BCUT2D eigenvalue weighted by atomic mass is 10.1. The molecule has 3 rings (SSSR count). The zero-order chi connectivity index (χ0) is 25.1. The number of hydrogen-bond acceptors (Lipinski definition) is 6. The maximum absolute atomic E-state index is 13.3. The number of rotatable bonds is 6. The number of ether oxygens (including phenoxy) is 1. The number of aryl methyl sites for hydroxylation is 1. The van der Waals surface area contributed by atoms with Crippen molar-refractivity contribution in [2.24, 2.45) is 0 Å². The molecule has 0 unspecified atom stereocenters. The summed E-state index contributed by atoms with van der Waals surface area (Å²) in [7, 11) is 0. The Bertz CT molecular complexity index is 1140. The third-order valence-corrected chi connectivity index (χ3v) is 4.63. The van der Waals surface area contributed by atoms with E-state index in [2.05, 4.69) is 15.4 Å². The van der Waals surface area contributed by atoms with Gasteiger partial charge in [-0.15, -0.1) is 10.2 Å². The highest BCUT2D eigenvalue weighted by Crippen LogP contribution is 2.37. The number of hydrogen-bond donors (Lipinski definition) is 1. The zero-order valence-electron chi connectivity index (χ0n) is 19.3. The largest absolute Gasteiger partial charge is 0.443 e. The first-order valence-electron chi connectivity index (χ1n) is 10.6. The van der Waals surface area contributed by atoms with Crippen molar-refractivity contribution in [2.75, 3.05) is 4.90 Å². The molecule has 8 nitrogen and oxygen atoms in total. The molecule has 34 heavy (non-hydrogen) atoms. The van der Waals surface area contributed by atoms with Gasteiger partial charge in [-0.2, -0.15) is 18.0 Å². The van der Waals surface area contributed by atoms with Crippen LogP contribution in [0.5, 0.6) is 0 Å². The Kier molecular flexibility index (Phi) is 7.25. The van der Waals surface area contributed by atoms with Gasteiger partial charge in [0.2, 0.25) is 5.82 Å². The molecule has 1 heterocycles. The number of tetrazole rings is 1. The van der Waals surface area contributed by atoms with Gasteiger partial charge in [-0.3, -0.25) is 0 Å². The summed E-state index contributed by atoms with van der Waals surface area (Å²) in [4.78, 5) is 15.8. The van der Waals surface area contributed by atoms with Crippen LogP contribution in [0.25, 0.3) is 11.4 Å². The Balaban J connectivity index is 2.17. The van der Waals surface area contributed by atoms with Crippen LogP contribution in [0.1, 0.15) is 45.2 Å². The van der Waals surface area contributed by atoms with E-state index in [4.69, 9.17) is 4.74 Å². The number of alkyl halides is 3. The number of aliphatic hydroxyl groups is 1. The van der Waals surface area contributed by atoms with Crippen LogP contribution < -0.4 is 4.90 Å². The van der Waals surface area contributed by atoms with Crippen LogP contribution in [0, 0.1) is 0 Å². The lowest BCUT2D eigenvalue weighted by Gasteiger charge is -2.29. The predicted octanol–water partition coefficient (Wildman–Crippen LogP) is 5.33. The Morgan fingerprint density at radius 1 is 1.12 bits per heavy atom. The third-order valence-electron chi connectivity index (χ3n) is 4.63. The minimum absolute atomic E-state index is 0.154. The number of aromatic nitrogens is 4. The smallest absolute Gasteiger partial charge is 0.419 e. The first kappa shape index (κ1) is 25.2. The zero-order valence-corrected chi connectivity index (χ0v) is 19.3. The van der Waals surface area contributed by atoms with Crippen LogP contribution in [-0.4, -0.2) is 37.0 Å². The Morgan fingerprint density at radius 2 is 1.79 bits per heavy atom.